The third-order valence-electron chi connectivity index (χ3n) is 6.13. The van der Waals surface area contributed by atoms with Crippen LogP contribution < -0.4 is 10.1 Å². The fourth-order valence-corrected chi connectivity index (χ4v) is 4.05. The summed E-state index contributed by atoms with van der Waals surface area (Å²) in [6.45, 7) is 7.51. The van der Waals surface area contributed by atoms with Crippen molar-refractivity contribution in [2.45, 2.75) is 59.2 Å². The fourth-order valence-electron chi connectivity index (χ4n) is 4.05. The summed E-state index contributed by atoms with van der Waals surface area (Å²) in [6.07, 6.45) is 1.05. The van der Waals surface area contributed by atoms with Crippen molar-refractivity contribution < 1.29 is 18.7 Å². The van der Waals surface area contributed by atoms with Crippen molar-refractivity contribution in [1.29, 1.82) is 0 Å². The Morgan fingerprint density at radius 2 is 1.61 bits per heavy atom. The standard InChI is InChI=1S/C30H35FN2O3/c1-5-23(4)32-30(35)28(18-24-11-7-6-8-12-24)33(19-25-13-9-10-14-27(25)31)29(34)20-36-26-16-21(2)15-22(3)17-26/h6-17,23,28H,5,18-20H2,1-4H3,(H,32,35)/t23-,28+/m0/s1. The molecule has 0 radical (unpaired) electrons. The van der Waals surface area contributed by atoms with E-state index in [0.717, 1.165) is 23.1 Å². The van der Waals surface area contributed by atoms with Gasteiger partial charge in [-0.3, -0.25) is 9.59 Å². The van der Waals surface area contributed by atoms with Crippen LogP contribution in [-0.4, -0.2) is 35.4 Å². The molecule has 0 aromatic heterocycles. The Kier molecular flexibility index (Phi) is 9.62. The van der Waals surface area contributed by atoms with Crippen LogP contribution in [-0.2, 0) is 22.6 Å². The summed E-state index contributed by atoms with van der Waals surface area (Å²) >= 11 is 0. The molecule has 2 atom stereocenters. The first-order valence-electron chi connectivity index (χ1n) is 12.3. The summed E-state index contributed by atoms with van der Waals surface area (Å²) < 4.78 is 20.5. The lowest BCUT2D eigenvalue weighted by atomic mass is 10.0. The Hall–Kier alpha value is -3.67. The Bertz CT molecular complexity index is 1150. The molecule has 3 rings (SSSR count). The van der Waals surface area contributed by atoms with Crippen LogP contribution in [0.2, 0.25) is 0 Å². The number of halogens is 1. The molecule has 0 heterocycles. The van der Waals surface area contributed by atoms with Gasteiger partial charge >= 0.3 is 0 Å². The van der Waals surface area contributed by atoms with E-state index in [2.05, 4.69) is 5.32 Å². The van der Waals surface area contributed by atoms with Gasteiger partial charge in [0.05, 0.1) is 0 Å². The summed E-state index contributed by atoms with van der Waals surface area (Å²) in [5, 5.41) is 3.01. The molecule has 0 bridgehead atoms. The molecule has 0 unspecified atom stereocenters. The van der Waals surface area contributed by atoms with E-state index in [4.69, 9.17) is 4.74 Å². The van der Waals surface area contributed by atoms with Gasteiger partial charge in [-0.25, -0.2) is 4.39 Å². The zero-order chi connectivity index (χ0) is 26.1. The van der Waals surface area contributed by atoms with E-state index < -0.39 is 17.8 Å². The van der Waals surface area contributed by atoms with Gasteiger partial charge < -0.3 is 15.0 Å². The molecule has 0 saturated heterocycles. The highest BCUT2D eigenvalue weighted by Crippen LogP contribution is 2.19. The van der Waals surface area contributed by atoms with Crippen molar-refractivity contribution in [1.82, 2.24) is 10.2 Å². The molecule has 0 saturated carbocycles. The third-order valence-corrected chi connectivity index (χ3v) is 6.13. The number of nitrogens with zero attached hydrogens (tertiary/aromatic N) is 1. The number of ether oxygens (including phenoxy) is 1. The van der Waals surface area contributed by atoms with Gasteiger partial charge in [0, 0.05) is 24.6 Å². The zero-order valence-electron chi connectivity index (χ0n) is 21.5. The molecule has 2 amide bonds. The van der Waals surface area contributed by atoms with Crippen molar-refractivity contribution >= 4 is 11.8 Å². The highest BCUT2D eigenvalue weighted by molar-refractivity contribution is 5.88. The number of rotatable bonds is 11. The van der Waals surface area contributed by atoms with Crippen LogP contribution in [0.1, 0.15) is 42.5 Å². The van der Waals surface area contributed by atoms with Gasteiger partial charge in [0.2, 0.25) is 5.91 Å². The van der Waals surface area contributed by atoms with Crippen LogP contribution in [0.3, 0.4) is 0 Å². The minimum absolute atomic E-state index is 0.0485. The summed E-state index contributed by atoms with van der Waals surface area (Å²) in [6, 6.07) is 20.7. The van der Waals surface area contributed by atoms with Crippen molar-refractivity contribution in [2.75, 3.05) is 6.61 Å². The first kappa shape index (κ1) is 26.9. The van der Waals surface area contributed by atoms with Gasteiger partial charge in [-0.05, 0) is 62.1 Å². The molecule has 190 valence electrons. The van der Waals surface area contributed by atoms with E-state index in [1.54, 1.807) is 18.2 Å². The highest BCUT2D eigenvalue weighted by atomic mass is 19.1. The maximum absolute atomic E-state index is 14.6. The molecule has 3 aromatic carbocycles. The average molecular weight is 491 g/mol. The first-order chi connectivity index (χ1) is 17.3. The van der Waals surface area contributed by atoms with Crippen molar-refractivity contribution in [3.63, 3.8) is 0 Å². The van der Waals surface area contributed by atoms with Crippen LogP contribution in [0, 0.1) is 19.7 Å². The van der Waals surface area contributed by atoms with E-state index in [-0.39, 0.29) is 25.1 Å². The van der Waals surface area contributed by atoms with Gasteiger partial charge in [0.25, 0.3) is 5.91 Å². The van der Waals surface area contributed by atoms with Crippen LogP contribution in [0.25, 0.3) is 0 Å². The molecule has 5 nitrogen and oxygen atoms in total. The number of carbonyl (C=O) groups is 2. The smallest absolute Gasteiger partial charge is 0.261 e. The number of hydrogen-bond acceptors (Lipinski definition) is 3. The maximum atomic E-state index is 14.6. The number of nitrogens with one attached hydrogen (secondary N) is 1. The quantitative estimate of drug-likeness (QED) is 0.393. The minimum atomic E-state index is -0.837. The molecule has 0 aliphatic rings. The van der Waals surface area contributed by atoms with E-state index in [0.29, 0.717) is 17.7 Å². The molecule has 0 fully saturated rings. The maximum Gasteiger partial charge on any atom is 0.261 e. The monoisotopic (exact) mass is 490 g/mol. The predicted molar refractivity (Wildman–Crippen MR) is 140 cm³/mol. The van der Waals surface area contributed by atoms with E-state index in [1.807, 2.05) is 76.2 Å². The lowest BCUT2D eigenvalue weighted by Crippen LogP contribution is -2.53. The summed E-state index contributed by atoms with van der Waals surface area (Å²) in [5.74, 6) is -0.511. The second-order valence-electron chi connectivity index (χ2n) is 9.25. The molecule has 36 heavy (non-hydrogen) atoms. The summed E-state index contributed by atoms with van der Waals surface area (Å²) in [7, 11) is 0. The van der Waals surface area contributed by atoms with E-state index in [9.17, 15) is 14.0 Å². The molecular weight excluding hydrogens is 455 g/mol. The number of amides is 2. The van der Waals surface area contributed by atoms with Gasteiger partial charge in [0.1, 0.15) is 17.6 Å². The second-order valence-corrected chi connectivity index (χ2v) is 9.25. The fraction of sp³-hybridized carbons (Fsp3) is 0.333. The summed E-state index contributed by atoms with van der Waals surface area (Å²) in [4.78, 5) is 28.5. The third kappa shape index (κ3) is 7.67. The Morgan fingerprint density at radius 3 is 2.25 bits per heavy atom. The molecule has 0 spiro atoms. The molecule has 1 N–H and O–H groups in total. The minimum Gasteiger partial charge on any atom is -0.484 e. The topological polar surface area (TPSA) is 58.6 Å². The predicted octanol–water partition coefficient (Wildman–Crippen LogP) is 5.38. The van der Waals surface area contributed by atoms with Crippen LogP contribution in [0.15, 0.2) is 72.8 Å². The van der Waals surface area contributed by atoms with E-state index >= 15 is 0 Å². The lowest BCUT2D eigenvalue weighted by Gasteiger charge is -2.32. The van der Waals surface area contributed by atoms with Crippen molar-refractivity contribution in [3.05, 3.63) is 101 Å². The molecular formula is C30H35FN2O3. The lowest BCUT2D eigenvalue weighted by molar-refractivity contribution is -0.143. The van der Waals surface area contributed by atoms with Crippen LogP contribution >= 0.6 is 0 Å². The number of benzene rings is 3. The van der Waals surface area contributed by atoms with Gasteiger partial charge in [0.15, 0.2) is 6.61 Å². The van der Waals surface area contributed by atoms with Gasteiger partial charge in [-0.1, -0.05) is 61.5 Å². The Balaban J connectivity index is 1.93. The van der Waals surface area contributed by atoms with Crippen LogP contribution in [0.5, 0.6) is 5.75 Å². The SMILES string of the molecule is CC[C@H](C)NC(=O)[C@@H](Cc1ccccc1)N(Cc1ccccc1F)C(=O)COc1cc(C)cc(C)c1. The van der Waals surface area contributed by atoms with E-state index in [1.165, 1.54) is 11.0 Å². The average Bonchev–Trinajstić information content (AvgIpc) is 2.85. The van der Waals surface area contributed by atoms with Crippen molar-refractivity contribution in [2.24, 2.45) is 0 Å². The van der Waals surface area contributed by atoms with Crippen molar-refractivity contribution in [3.8, 4) is 5.75 Å². The molecule has 0 aliphatic heterocycles. The highest BCUT2D eigenvalue weighted by Gasteiger charge is 2.31. The second kappa shape index (κ2) is 12.9. The summed E-state index contributed by atoms with van der Waals surface area (Å²) in [5.41, 5.74) is 3.29. The van der Waals surface area contributed by atoms with Crippen LogP contribution in [0.4, 0.5) is 4.39 Å². The number of carbonyl (C=O) groups excluding carboxylic acids is 2. The number of hydrogen-bond donors (Lipinski definition) is 1. The first-order valence-corrected chi connectivity index (χ1v) is 12.3. The molecule has 0 aliphatic carbocycles. The molecule has 6 heteroatoms. The largest absolute Gasteiger partial charge is 0.484 e. The van der Waals surface area contributed by atoms with Gasteiger partial charge in [-0.2, -0.15) is 0 Å². The van der Waals surface area contributed by atoms with Gasteiger partial charge in [-0.15, -0.1) is 0 Å². The Morgan fingerprint density at radius 1 is 0.972 bits per heavy atom. The number of aryl methyl sites for hydroxylation is 2. The normalized spacial score (nSPS) is 12.5. The molecule has 3 aromatic rings. The Labute approximate surface area is 213 Å². The zero-order valence-corrected chi connectivity index (χ0v) is 21.5.